The standard InChI is InChI=1S/C17H28N4O3S/c1-2-10-20(15-8-11-25(23,24)13-15)12-17(22)19-16-7-9-18-21(16)14-5-3-4-6-14/h7,9,14-15H,2-6,8,10-13H2,1H3,(H,19,22). The second-order valence-electron chi connectivity index (χ2n) is 7.17. The molecule has 1 unspecified atom stereocenters. The van der Waals surface area contributed by atoms with Crippen molar-refractivity contribution in [2.24, 2.45) is 0 Å². The van der Waals surface area contributed by atoms with E-state index in [0.29, 0.717) is 12.5 Å². The van der Waals surface area contributed by atoms with Gasteiger partial charge >= 0.3 is 0 Å². The molecule has 1 amide bonds. The van der Waals surface area contributed by atoms with Crippen LogP contribution < -0.4 is 5.32 Å². The fourth-order valence-electron chi connectivity index (χ4n) is 3.96. The first-order valence-corrected chi connectivity index (χ1v) is 11.1. The van der Waals surface area contributed by atoms with Crippen molar-refractivity contribution in [1.29, 1.82) is 0 Å². The van der Waals surface area contributed by atoms with E-state index in [2.05, 4.69) is 10.4 Å². The van der Waals surface area contributed by atoms with Gasteiger partial charge in [-0.3, -0.25) is 9.69 Å². The average Bonchev–Trinajstić information content (AvgIpc) is 3.27. The van der Waals surface area contributed by atoms with Crippen molar-refractivity contribution in [3.05, 3.63) is 12.3 Å². The summed E-state index contributed by atoms with van der Waals surface area (Å²) in [6, 6.07) is 2.16. The van der Waals surface area contributed by atoms with Crippen LogP contribution in [-0.2, 0) is 14.6 Å². The summed E-state index contributed by atoms with van der Waals surface area (Å²) in [4.78, 5) is 14.5. The van der Waals surface area contributed by atoms with Gasteiger partial charge in [0.15, 0.2) is 9.84 Å². The van der Waals surface area contributed by atoms with Gasteiger partial charge in [0.2, 0.25) is 5.91 Å². The predicted molar refractivity (Wildman–Crippen MR) is 97.3 cm³/mol. The third-order valence-corrected chi connectivity index (χ3v) is 6.94. The van der Waals surface area contributed by atoms with E-state index in [4.69, 9.17) is 0 Å². The number of rotatable bonds is 7. The molecule has 25 heavy (non-hydrogen) atoms. The maximum absolute atomic E-state index is 12.5. The minimum Gasteiger partial charge on any atom is -0.310 e. The number of anilines is 1. The SMILES string of the molecule is CCCN(CC(=O)Nc1ccnn1C1CCCC1)C1CCS(=O)(=O)C1. The lowest BCUT2D eigenvalue weighted by Gasteiger charge is -2.27. The number of carbonyl (C=O) groups is 1. The summed E-state index contributed by atoms with van der Waals surface area (Å²) in [7, 11) is -2.95. The summed E-state index contributed by atoms with van der Waals surface area (Å²) in [5, 5.41) is 7.34. The van der Waals surface area contributed by atoms with Crippen molar-refractivity contribution in [1.82, 2.24) is 14.7 Å². The largest absolute Gasteiger partial charge is 0.310 e. The summed E-state index contributed by atoms with van der Waals surface area (Å²) < 4.78 is 25.4. The molecule has 1 N–H and O–H groups in total. The number of sulfone groups is 1. The second kappa shape index (κ2) is 7.86. The van der Waals surface area contributed by atoms with Crippen LogP contribution in [0, 0.1) is 0 Å². The monoisotopic (exact) mass is 368 g/mol. The van der Waals surface area contributed by atoms with E-state index < -0.39 is 9.84 Å². The van der Waals surface area contributed by atoms with E-state index in [1.807, 2.05) is 22.6 Å². The molecule has 1 aromatic heterocycles. The molecule has 2 aliphatic rings. The lowest BCUT2D eigenvalue weighted by atomic mass is 10.2. The summed E-state index contributed by atoms with van der Waals surface area (Å²) in [5.74, 6) is 1.04. The summed E-state index contributed by atoms with van der Waals surface area (Å²) in [6.45, 7) is 3.00. The third kappa shape index (κ3) is 4.61. The van der Waals surface area contributed by atoms with Crippen LogP contribution in [0.5, 0.6) is 0 Å². The number of amides is 1. The number of nitrogens with one attached hydrogen (secondary N) is 1. The van der Waals surface area contributed by atoms with Gasteiger partial charge in [-0.15, -0.1) is 0 Å². The molecule has 7 nitrogen and oxygen atoms in total. The number of nitrogens with zero attached hydrogens (tertiary/aromatic N) is 3. The Morgan fingerprint density at radius 3 is 2.76 bits per heavy atom. The lowest BCUT2D eigenvalue weighted by molar-refractivity contribution is -0.117. The van der Waals surface area contributed by atoms with E-state index in [-0.39, 0.29) is 30.0 Å². The summed E-state index contributed by atoms with van der Waals surface area (Å²) in [5.41, 5.74) is 0. The van der Waals surface area contributed by atoms with Crippen LogP contribution >= 0.6 is 0 Å². The zero-order valence-electron chi connectivity index (χ0n) is 14.9. The molecule has 140 valence electrons. The Labute approximate surface area is 149 Å². The molecular weight excluding hydrogens is 340 g/mol. The minimum absolute atomic E-state index is 0.0459. The summed E-state index contributed by atoms with van der Waals surface area (Å²) >= 11 is 0. The molecule has 8 heteroatoms. The fraction of sp³-hybridized carbons (Fsp3) is 0.765. The van der Waals surface area contributed by atoms with Crippen LogP contribution in [0.2, 0.25) is 0 Å². The van der Waals surface area contributed by atoms with Crippen LogP contribution in [0.3, 0.4) is 0 Å². The molecule has 1 aliphatic heterocycles. The summed E-state index contributed by atoms with van der Waals surface area (Å²) in [6.07, 6.45) is 7.86. The van der Waals surface area contributed by atoms with Crippen molar-refractivity contribution in [3.8, 4) is 0 Å². The quantitative estimate of drug-likeness (QED) is 0.794. The number of hydrogen-bond donors (Lipinski definition) is 1. The third-order valence-electron chi connectivity index (χ3n) is 5.19. The van der Waals surface area contributed by atoms with Crippen LogP contribution in [0.1, 0.15) is 51.5 Å². The molecule has 1 aliphatic carbocycles. The Hall–Kier alpha value is -1.41. The van der Waals surface area contributed by atoms with E-state index in [1.165, 1.54) is 12.8 Å². The predicted octanol–water partition coefficient (Wildman–Crippen LogP) is 1.84. The topological polar surface area (TPSA) is 84.3 Å². The van der Waals surface area contributed by atoms with Gasteiger partial charge in [0, 0.05) is 12.1 Å². The Balaban J connectivity index is 1.61. The van der Waals surface area contributed by atoms with Crippen molar-refractivity contribution in [2.75, 3.05) is 29.9 Å². The highest BCUT2D eigenvalue weighted by atomic mass is 32.2. The molecule has 0 bridgehead atoms. The molecule has 0 radical (unpaired) electrons. The van der Waals surface area contributed by atoms with Crippen LogP contribution in [0.15, 0.2) is 12.3 Å². The van der Waals surface area contributed by atoms with Gasteiger partial charge in [-0.2, -0.15) is 5.10 Å². The average molecular weight is 369 g/mol. The first kappa shape index (κ1) is 18.4. The number of carbonyl (C=O) groups excluding carboxylic acids is 1. The van der Waals surface area contributed by atoms with Crippen molar-refractivity contribution >= 4 is 21.6 Å². The molecule has 2 heterocycles. The van der Waals surface area contributed by atoms with Crippen LogP contribution in [0.4, 0.5) is 5.82 Å². The van der Waals surface area contributed by atoms with E-state index in [1.54, 1.807) is 6.20 Å². The van der Waals surface area contributed by atoms with Crippen LogP contribution in [0.25, 0.3) is 0 Å². The number of hydrogen-bond acceptors (Lipinski definition) is 5. The highest BCUT2D eigenvalue weighted by molar-refractivity contribution is 7.91. The highest BCUT2D eigenvalue weighted by Crippen LogP contribution is 2.31. The molecule has 3 rings (SSSR count). The van der Waals surface area contributed by atoms with Crippen molar-refractivity contribution < 1.29 is 13.2 Å². The molecule has 1 saturated heterocycles. The Morgan fingerprint density at radius 1 is 1.36 bits per heavy atom. The van der Waals surface area contributed by atoms with Gasteiger partial charge in [0.1, 0.15) is 5.82 Å². The maximum Gasteiger partial charge on any atom is 0.239 e. The van der Waals surface area contributed by atoms with Gasteiger partial charge in [-0.25, -0.2) is 13.1 Å². The molecule has 1 atom stereocenters. The first-order chi connectivity index (χ1) is 12.0. The zero-order chi connectivity index (χ0) is 17.9. The maximum atomic E-state index is 12.5. The number of aromatic nitrogens is 2. The molecule has 2 fully saturated rings. The van der Waals surface area contributed by atoms with Gasteiger partial charge in [0.25, 0.3) is 0 Å². The van der Waals surface area contributed by atoms with E-state index >= 15 is 0 Å². The molecule has 1 saturated carbocycles. The van der Waals surface area contributed by atoms with Crippen LogP contribution in [-0.4, -0.2) is 59.6 Å². The van der Waals surface area contributed by atoms with Gasteiger partial charge < -0.3 is 5.32 Å². The van der Waals surface area contributed by atoms with E-state index in [9.17, 15) is 13.2 Å². The van der Waals surface area contributed by atoms with Crippen molar-refractivity contribution in [3.63, 3.8) is 0 Å². The van der Waals surface area contributed by atoms with Gasteiger partial charge in [-0.1, -0.05) is 19.8 Å². The first-order valence-electron chi connectivity index (χ1n) is 9.26. The van der Waals surface area contributed by atoms with Crippen molar-refractivity contribution in [2.45, 2.75) is 57.5 Å². The smallest absolute Gasteiger partial charge is 0.239 e. The van der Waals surface area contributed by atoms with Gasteiger partial charge in [-0.05, 0) is 32.2 Å². The highest BCUT2D eigenvalue weighted by Gasteiger charge is 2.32. The Morgan fingerprint density at radius 2 is 2.12 bits per heavy atom. The molecular formula is C17H28N4O3S. The zero-order valence-corrected chi connectivity index (χ0v) is 15.7. The molecule has 0 spiro atoms. The molecule has 0 aromatic carbocycles. The fourth-order valence-corrected chi connectivity index (χ4v) is 5.72. The Kier molecular flexibility index (Phi) is 5.78. The van der Waals surface area contributed by atoms with E-state index in [0.717, 1.165) is 31.6 Å². The lowest BCUT2D eigenvalue weighted by Crippen LogP contribution is -2.42. The molecule has 1 aromatic rings. The van der Waals surface area contributed by atoms with Gasteiger partial charge in [0.05, 0.1) is 30.3 Å². The Bertz CT molecular complexity index is 695. The minimum atomic E-state index is -2.95. The second-order valence-corrected chi connectivity index (χ2v) is 9.40. The normalized spacial score (nSPS) is 23.4.